The van der Waals surface area contributed by atoms with E-state index < -0.39 is 49.5 Å². The van der Waals surface area contributed by atoms with Crippen molar-refractivity contribution >= 4 is 11.9 Å². The van der Waals surface area contributed by atoms with Gasteiger partial charge in [0.25, 0.3) is 0 Å². The van der Waals surface area contributed by atoms with Gasteiger partial charge in [-0.15, -0.1) is 0 Å². The Morgan fingerprint density at radius 3 is 1.18 bits per heavy atom. The van der Waals surface area contributed by atoms with Gasteiger partial charge in [0.15, 0.2) is 6.29 Å². The number of aliphatic hydroxyl groups is 5. The van der Waals surface area contributed by atoms with Crippen molar-refractivity contribution < 1.29 is 49.3 Å². The zero-order valence-corrected chi connectivity index (χ0v) is 59.6. The van der Waals surface area contributed by atoms with Gasteiger partial charge in [-0.25, -0.2) is 0 Å². The molecular formula is C80H149NO10. The number of carbonyl (C=O) groups is 2. The standard InChI is InChI=1S/C80H149NO10/c1-3-5-7-9-11-13-14-15-16-17-35-39-42-45-48-52-56-60-64-68-76(85)89-69-65-61-57-53-49-46-43-40-37-34-32-30-28-26-24-22-20-18-19-21-23-25-27-29-31-33-36-38-41-44-47-51-55-59-63-67-75(84)81-72(73(83)66-62-58-54-50-12-10-8-6-4-2)71-90-80-79(88)78(87)77(86)74(70-82)91-80/h12,20,22,26,28,50,62,66,72-74,77-80,82-83,86-88H,3-11,13-19,21,23-25,27,29-49,51-61,63-65,67-71H2,1-2H3,(H,81,84)/b22-20-,28-26-,50-12+,66-62+. The maximum absolute atomic E-state index is 13.0. The van der Waals surface area contributed by atoms with Crippen LogP contribution in [0.1, 0.15) is 386 Å². The van der Waals surface area contributed by atoms with Gasteiger partial charge in [0.1, 0.15) is 24.4 Å². The van der Waals surface area contributed by atoms with E-state index in [2.05, 4.69) is 55.6 Å². The predicted molar refractivity (Wildman–Crippen MR) is 384 cm³/mol. The molecule has 1 aliphatic heterocycles. The van der Waals surface area contributed by atoms with E-state index in [-0.39, 0.29) is 18.5 Å². The van der Waals surface area contributed by atoms with Gasteiger partial charge < -0.3 is 45.1 Å². The summed E-state index contributed by atoms with van der Waals surface area (Å²) in [5.41, 5.74) is 0. The van der Waals surface area contributed by atoms with Crippen LogP contribution in [0.25, 0.3) is 0 Å². The molecule has 1 fully saturated rings. The van der Waals surface area contributed by atoms with Crippen molar-refractivity contribution in [3.05, 3.63) is 48.6 Å². The number of allylic oxidation sites excluding steroid dienone is 7. The molecule has 0 spiro atoms. The van der Waals surface area contributed by atoms with Crippen LogP contribution in [0, 0.1) is 0 Å². The number of esters is 1. The minimum absolute atomic E-state index is 0.0151. The molecule has 1 heterocycles. The number of aliphatic hydroxyl groups excluding tert-OH is 5. The van der Waals surface area contributed by atoms with Crippen LogP contribution in [-0.2, 0) is 23.8 Å². The maximum atomic E-state index is 13.0. The minimum atomic E-state index is -1.57. The van der Waals surface area contributed by atoms with Crippen LogP contribution < -0.4 is 5.32 Å². The van der Waals surface area contributed by atoms with Crippen LogP contribution in [-0.4, -0.2) is 100 Å². The van der Waals surface area contributed by atoms with Gasteiger partial charge in [0.05, 0.1) is 32.0 Å². The number of nitrogens with one attached hydrogen (secondary N) is 1. The molecular weight excluding hydrogens is 1130 g/mol. The number of unbranched alkanes of at least 4 members (excludes halogenated alkanes) is 50. The van der Waals surface area contributed by atoms with Crippen LogP contribution in [0.4, 0.5) is 0 Å². The van der Waals surface area contributed by atoms with Gasteiger partial charge in [-0.3, -0.25) is 9.59 Å². The van der Waals surface area contributed by atoms with Crippen molar-refractivity contribution in [3.63, 3.8) is 0 Å². The van der Waals surface area contributed by atoms with Crippen molar-refractivity contribution in [3.8, 4) is 0 Å². The zero-order valence-electron chi connectivity index (χ0n) is 59.6. The SMILES string of the molecule is CCCCC/C=C/CC/C=C/C(O)C(COC1OC(CO)C(O)C(O)C1O)NC(=O)CCCCCCCCCCCCCCCCCCC/C=C\C/C=C\CCCCCCCCCCCCCOC(=O)CCCCCCCCCCCCCCCCCCCCC. The Morgan fingerprint density at radius 1 is 0.407 bits per heavy atom. The second-order valence-corrected chi connectivity index (χ2v) is 27.4. The second kappa shape index (κ2) is 69.0. The van der Waals surface area contributed by atoms with E-state index >= 15 is 0 Å². The molecule has 1 saturated heterocycles. The topological polar surface area (TPSA) is 175 Å². The molecule has 0 radical (unpaired) electrons. The lowest BCUT2D eigenvalue weighted by atomic mass is 9.99. The summed E-state index contributed by atoms with van der Waals surface area (Å²) in [5.74, 6) is -0.176. The molecule has 7 unspecified atom stereocenters. The highest BCUT2D eigenvalue weighted by Crippen LogP contribution is 2.24. The first-order chi connectivity index (χ1) is 44.7. The summed E-state index contributed by atoms with van der Waals surface area (Å²) in [6.07, 6.45) is 81.7. The van der Waals surface area contributed by atoms with Crippen molar-refractivity contribution in [2.45, 2.75) is 429 Å². The summed E-state index contributed by atoms with van der Waals surface area (Å²) >= 11 is 0. The number of ether oxygens (including phenoxy) is 3. The van der Waals surface area contributed by atoms with E-state index in [0.717, 1.165) is 57.8 Å². The second-order valence-electron chi connectivity index (χ2n) is 27.4. The highest BCUT2D eigenvalue weighted by atomic mass is 16.7. The van der Waals surface area contributed by atoms with E-state index in [1.165, 1.54) is 302 Å². The number of hydrogen-bond donors (Lipinski definition) is 6. The molecule has 0 aliphatic carbocycles. The molecule has 91 heavy (non-hydrogen) atoms. The normalized spacial score (nSPS) is 17.8. The summed E-state index contributed by atoms with van der Waals surface area (Å²) in [5, 5.41) is 54.3. The fourth-order valence-electron chi connectivity index (χ4n) is 12.5. The molecule has 534 valence electrons. The monoisotopic (exact) mass is 1280 g/mol. The first kappa shape index (κ1) is 86.6. The van der Waals surface area contributed by atoms with Gasteiger partial charge in [-0.05, 0) is 77.0 Å². The zero-order chi connectivity index (χ0) is 65.8. The number of carbonyl (C=O) groups excluding carboxylic acids is 2. The van der Waals surface area contributed by atoms with Crippen LogP contribution in [0.2, 0.25) is 0 Å². The minimum Gasteiger partial charge on any atom is -0.466 e. The Labute approximate surface area is 561 Å². The average Bonchev–Trinajstić information content (AvgIpc) is 1.82. The summed E-state index contributed by atoms with van der Waals surface area (Å²) in [6.45, 7) is 4.32. The largest absolute Gasteiger partial charge is 0.466 e. The van der Waals surface area contributed by atoms with E-state index in [9.17, 15) is 35.1 Å². The van der Waals surface area contributed by atoms with Crippen LogP contribution >= 0.6 is 0 Å². The first-order valence-corrected chi connectivity index (χ1v) is 39.4. The Bertz CT molecular complexity index is 1650. The van der Waals surface area contributed by atoms with Crippen LogP contribution in [0.3, 0.4) is 0 Å². The summed E-state index contributed by atoms with van der Waals surface area (Å²) in [7, 11) is 0. The molecule has 1 aliphatic rings. The molecule has 1 rings (SSSR count). The lowest BCUT2D eigenvalue weighted by Crippen LogP contribution is -2.60. The van der Waals surface area contributed by atoms with Crippen LogP contribution in [0.5, 0.6) is 0 Å². The number of rotatable bonds is 70. The lowest BCUT2D eigenvalue weighted by Gasteiger charge is -2.40. The third kappa shape index (κ3) is 57.6. The summed E-state index contributed by atoms with van der Waals surface area (Å²) in [4.78, 5) is 25.2. The third-order valence-electron chi connectivity index (χ3n) is 18.7. The van der Waals surface area contributed by atoms with Crippen LogP contribution in [0.15, 0.2) is 48.6 Å². The first-order valence-electron chi connectivity index (χ1n) is 39.4. The molecule has 0 aromatic rings. The highest BCUT2D eigenvalue weighted by molar-refractivity contribution is 5.76. The molecule has 6 N–H and O–H groups in total. The van der Waals surface area contributed by atoms with Gasteiger partial charge in [-0.1, -0.05) is 345 Å². The quantitative estimate of drug-likeness (QED) is 0.0195. The Kier molecular flexibility index (Phi) is 65.7. The van der Waals surface area contributed by atoms with Crippen molar-refractivity contribution in [1.29, 1.82) is 0 Å². The molecule has 7 atom stereocenters. The maximum Gasteiger partial charge on any atom is 0.305 e. The summed E-state index contributed by atoms with van der Waals surface area (Å²) < 4.78 is 16.7. The fraction of sp³-hybridized carbons (Fsp3) is 0.875. The van der Waals surface area contributed by atoms with E-state index in [4.69, 9.17) is 14.2 Å². The Morgan fingerprint density at radius 2 is 0.747 bits per heavy atom. The molecule has 0 bridgehead atoms. The highest BCUT2D eigenvalue weighted by Gasteiger charge is 2.44. The summed E-state index contributed by atoms with van der Waals surface area (Å²) in [6, 6.07) is -0.825. The van der Waals surface area contributed by atoms with Gasteiger partial charge in [0, 0.05) is 12.8 Å². The molecule has 0 aromatic heterocycles. The Hall–Kier alpha value is -2.38. The van der Waals surface area contributed by atoms with Crippen molar-refractivity contribution in [2.75, 3.05) is 19.8 Å². The molecule has 11 heteroatoms. The van der Waals surface area contributed by atoms with Gasteiger partial charge in [-0.2, -0.15) is 0 Å². The van der Waals surface area contributed by atoms with Gasteiger partial charge >= 0.3 is 5.97 Å². The van der Waals surface area contributed by atoms with E-state index in [1.54, 1.807) is 6.08 Å². The average molecular weight is 1290 g/mol. The smallest absolute Gasteiger partial charge is 0.305 e. The predicted octanol–water partition coefficient (Wildman–Crippen LogP) is 21.1. The van der Waals surface area contributed by atoms with E-state index in [1.807, 2.05) is 6.08 Å². The van der Waals surface area contributed by atoms with Crippen molar-refractivity contribution in [1.82, 2.24) is 5.32 Å². The molecule has 11 nitrogen and oxygen atoms in total. The number of amides is 1. The molecule has 0 saturated carbocycles. The Balaban J connectivity index is 1.87. The van der Waals surface area contributed by atoms with E-state index in [0.29, 0.717) is 19.4 Å². The third-order valence-corrected chi connectivity index (χ3v) is 18.7. The molecule has 1 amide bonds. The molecule has 0 aromatic carbocycles. The van der Waals surface area contributed by atoms with Crippen molar-refractivity contribution in [2.24, 2.45) is 0 Å². The fourth-order valence-corrected chi connectivity index (χ4v) is 12.5. The van der Waals surface area contributed by atoms with Gasteiger partial charge in [0.2, 0.25) is 5.91 Å². The lowest BCUT2D eigenvalue weighted by molar-refractivity contribution is -0.302. The number of hydrogen-bond acceptors (Lipinski definition) is 10.